The van der Waals surface area contributed by atoms with Gasteiger partial charge in [-0.1, -0.05) is 0 Å². The molecule has 1 aromatic heterocycles. The minimum absolute atomic E-state index is 0.0839. The van der Waals surface area contributed by atoms with E-state index in [1.807, 2.05) is 6.92 Å². The van der Waals surface area contributed by atoms with Crippen LogP contribution in [0.1, 0.15) is 6.92 Å². The van der Waals surface area contributed by atoms with Gasteiger partial charge < -0.3 is 5.32 Å². The standard InChI is InChI=1S/C9H13ClN2O2S/c1-7(10)6-12-9-8(15(2,13)14)4-3-5-11-9/h3-5,7H,6H2,1-2H3,(H,11,12). The Balaban J connectivity index is 2.98. The van der Waals surface area contributed by atoms with Crippen molar-refractivity contribution in [3.05, 3.63) is 18.3 Å². The molecule has 0 amide bonds. The molecule has 1 unspecified atom stereocenters. The molecule has 1 heterocycles. The molecule has 0 aliphatic heterocycles. The minimum Gasteiger partial charge on any atom is -0.368 e. The minimum atomic E-state index is -3.25. The van der Waals surface area contributed by atoms with E-state index < -0.39 is 9.84 Å². The Bertz CT molecular complexity index is 431. The van der Waals surface area contributed by atoms with E-state index in [-0.39, 0.29) is 10.3 Å². The summed E-state index contributed by atoms with van der Waals surface area (Å²) in [5, 5.41) is 2.81. The number of anilines is 1. The molecule has 0 aliphatic rings. The zero-order valence-electron chi connectivity index (χ0n) is 8.57. The normalized spacial score (nSPS) is 13.5. The zero-order valence-corrected chi connectivity index (χ0v) is 10.1. The lowest BCUT2D eigenvalue weighted by molar-refractivity contribution is 0.601. The maximum atomic E-state index is 11.4. The van der Waals surface area contributed by atoms with Crippen molar-refractivity contribution in [3.63, 3.8) is 0 Å². The fraction of sp³-hybridized carbons (Fsp3) is 0.444. The highest BCUT2D eigenvalue weighted by Gasteiger charge is 2.13. The number of alkyl halides is 1. The van der Waals surface area contributed by atoms with Gasteiger partial charge in [-0.05, 0) is 19.1 Å². The second-order valence-corrected chi connectivity index (χ2v) is 6.01. The highest BCUT2D eigenvalue weighted by atomic mass is 35.5. The summed E-state index contributed by atoms with van der Waals surface area (Å²) in [5.41, 5.74) is 0. The van der Waals surface area contributed by atoms with Crippen LogP contribution >= 0.6 is 11.6 Å². The molecule has 84 valence electrons. The summed E-state index contributed by atoms with van der Waals surface area (Å²) in [7, 11) is -3.25. The first kappa shape index (κ1) is 12.3. The van der Waals surface area contributed by atoms with Crippen molar-refractivity contribution in [2.45, 2.75) is 17.2 Å². The predicted octanol–water partition coefficient (Wildman–Crippen LogP) is 1.52. The first-order valence-electron chi connectivity index (χ1n) is 4.44. The number of sulfone groups is 1. The Morgan fingerprint density at radius 3 is 2.80 bits per heavy atom. The third kappa shape index (κ3) is 3.68. The van der Waals surface area contributed by atoms with Crippen LogP contribution in [0.5, 0.6) is 0 Å². The van der Waals surface area contributed by atoms with Crippen LogP contribution in [0.25, 0.3) is 0 Å². The lowest BCUT2D eigenvalue weighted by Crippen LogP contribution is -2.14. The molecule has 0 radical (unpaired) electrons. The molecule has 1 aromatic rings. The summed E-state index contributed by atoms with van der Waals surface area (Å²) in [5.74, 6) is 0.354. The topological polar surface area (TPSA) is 59.1 Å². The highest BCUT2D eigenvalue weighted by molar-refractivity contribution is 7.90. The number of aromatic nitrogens is 1. The number of nitrogens with one attached hydrogen (secondary N) is 1. The molecule has 0 saturated heterocycles. The van der Waals surface area contributed by atoms with Gasteiger partial charge in [0.15, 0.2) is 9.84 Å². The van der Waals surface area contributed by atoms with Gasteiger partial charge >= 0.3 is 0 Å². The van der Waals surface area contributed by atoms with E-state index >= 15 is 0 Å². The van der Waals surface area contributed by atoms with Gasteiger partial charge in [-0.3, -0.25) is 0 Å². The van der Waals surface area contributed by atoms with Crippen molar-refractivity contribution in [2.75, 3.05) is 18.1 Å². The fourth-order valence-electron chi connectivity index (χ4n) is 1.06. The van der Waals surface area contributed by atoms with E-state index in [1.54, 1.807) is 6.07 Å². The SMILES string of the molecule is CC(Cl)CNc1ncccc1S(C)(=O)=O. The Kier molecular flexibility index (Phi) is 3.93. The molecule has 1 atom stereocenters. The van der Waals surface area contributed by atoms with Crippen LogP contribution in [0.2, 0.25) is 0 Å². The van der Waals surface area contributed by atoms with Gasteiger partial charge in [0.2, 0.25) is 0 Å². The molecule has 0 aliphatic carbocycles. The number of pyridine rings is 1. The first-order valence-corrected chi connectivity index (χ1v) is 6.77. The second-order valence-electron chi connectivity index (χ2n) is 3.28. The number of hydrogen-bond donors (Lipinski definition) is 1. The lowest BCUT2D eigenvalue weighted by Gasteiger charge is -2.10. The monoisotopic (exact) mass is 248 g/mol. The molecule has 1 rings (SSSR count). The van der Waals surface area contributed by atoms with E-state index in [1.165, 1.54) is 12.3 Å². The van der Waals surface area contributed by atoms with Crippen molar-refractivity contribution in [1.82, 2.24) is 4.98 Å². The summed E-state index contributed by atoms with van der Waals surface area (Å²) >= 11 is 5.75. The van der Waals surface area contributed by atoms with Crippen LogP contribution in [-0.4, -0.2) is 31.6 Å². The zero-order chi connectivity index (χ0) is 11.5. The molecule has 0 aromatic carbocycles. The maximum Gasteiger partial charge on any atom is 0.179 e. The van der Waals surface area contributed by atoms with Gasteiger partial charge in [0.25, 0.3) is 0 Å². The maximum absolute atomic E-state index is 11.4. The Labute approximate surface area is 94.6 Å². The van der Waals surface area contributed by atoms with Crippen LogP contribution in [0.4, 0.5) is 5.82 Å². The van der Waals surface area contributed by atoms with Gasteiger partial charge in [0.05, 0.1) is 0 Å². The molecular formula is C9H13ClN2O2S. The summed E-state index contributed by atoms with van der Waals surface area (Å²) < 4.78 is 22.8. The molecule has 15 heavy (non-hydrogen) atoms. The summed E-state index contributed by atoms with van der Waals surface area (Å²) in [6.45, 7) is 2.29. The average molecular weight is 249 g/mol. The van der Waals surface area contributed by atoms with Gasteiger partial charge in [-0.2, -0.15) is 0 Å². The van der Waals surface area contributed by atoms with Crippen LogP contribution in [0.15, 0.2) is 23.2 Å². The van der Waals surface area contributed by atoms with Gasteiger partial charge in [-0.15, -0.1) is 11.6 Å². The van der Waals surface area contributed by atoms with E-state index in [9.17, 15) is 8.42 Å². The smallest absolute Gasteiger partial charge is 0.179 e. The highest BCUT2D eigenvalue weighted by Crippen LogP contribution is 2.17. The van der Waals surface area contributed by atoms with Crippen molar-refractivity contribution >= 4 is 27.3 Å². The van der Waals surface area contributed by atoms with Crippen molar-refractivity contribution in [1.29, 1.82) is 0 Å². The summed E-state index contributed by atoms with van der Waals surface area (Å²) in [6.07, 6.45) is 2.69. The Morgan fingerprint density at radius 1 is 1.60 bits per heavy atom. The van der Waals surface area contributed by atoms with Crippen molar-refractivity contribution < 1.29 is 8.42 Å². The Hall–Kier alpha value is -0.810. The van der Waals surface area contributed by atoms with E-state index in [2.05, 4.69) is 10.3 Å². The van der Waals surface area contributed by atoms with Crippen LogP contribution < -0.4 is 5.32 Å². The molecule has 6 heteroatoms. The van der Waals surface area contributed by atoms with E-state index in [0.717, 1.165) is 6.26 Å². The molecule has 0 fully saturated rings. The van der Waals surface area contributed by atoms with E-state index in [0.29, 0.717) is 12.4 Å². The number of nitrogens with zero attached hydrogens (tertiary/aromatic N) is 1. The van der Waals surface area contributed by atoms with Crippen LogP contribution in [0.3, 0.4) is 0 Å². The quantitative estimate of drug-likeness (QED) is 0.821. The summed E-state index contributed by atoms with van der Waals surface area (Å²) in [4.78, 5) is 4.16. The van der Waals surface area contributed by atoms with Crippen molar-refractivity contribution in [2.24, 2.45) is 0 Å². The molecule has 0 saturated carbocycles. The molecule has 1 N–H and O–H groups in total. The number of halogens is 1. The molecule has 0 spiro atoms. The largest absolute Gasteiger partial charge is 0.368 e. The van der Waals surface area contributed by atoms with Gasteiger partial charge in [0, 0.05) is 24.4 Å². The third-order valence-electron chi connectivity index (χ3n) is 1.72. The van der Waals surface area contributed by atoms with Gasteiger partial charge in [-0.25, -0.2) is 13.4 Å². The average Bonchev–Trinajstić information content (AvgIpc) is 2.13. The van der Waals surface area contributed by atoms with Crippen LogP contribution in [-0.2, 0) is 9.84 Å². The first-order chi connectivity index (χ1) is 6.91. The molecule has 0 bridgehead atoms. The Morgan fingerprint density at radius 2 is 2.27 bits per heavy atom. The summed E-state index contributed by atoms with van der Waals surface area (Å²) in [6, 6.07) is 3.11. The molecular weight excluding hydrogens is 236 g/mol. The lowest BCUT2D eigenvalue weighted by atomic mass is 10.4. The number of hydrogen-bond acceptors (Lipinski definition) is 4. The number of rotatable bonds is 4. The van der Waals surface area contributed by atoms with Crippen LogP contribution in [0, 0.1) is 0 Å². The molecule has 4 nitrogen and oxygen atoms in total. The van der Waals surface area contributed by atoms with E-state index in [4.69, 9.17) is 11.6 Å². The third-order valence-corrected chi connectivity index (χ3v) is 3.00. The van der Waals surface area contributed by atoms with Gasteiger partial charge in [0.1, 0.15) is 10.7 Å². The predicted molar refractivity (Wildman–Crippen MR) is 61.2 cm³/mol. The van der Waals surface area contributed by atoms with Crippen molar-refractivity contribution in [3.8, 4) is 0 Å². The second kappa shape index (κ2) is 4.81. The fourth-order valence-corrected chi connectivity index (χ4v) is 1.94.